The predicted octanol–water partition coefficient (Wildman–Crippen LogP) is 2.97. The zero-order valence-corrected chi connectivity index (χ0v) is 14.2. The number of fused-ring (bicyclic) bond motifs is 1. The van der Waals surface area contributed by atoms with E-state index in [0.717, 1.165) is 18.4 Å². The lowest BCUT2D eigenvalue weighted by atomic mass is 10.1. The van der Waals surface area contributed by atoms with E-state index in [1.54, 1.807) is 33.7 Å². The average molecular weight is 354 g/mol. The van der Waals surface area contributed by atoms with Crippen molar-refractivity contribution in [3.05, 3.63) is 70.5 Å². The van der Waals surface area contributed by atoms with Crippen molar-refractivity contribution in [1.82, 2.24) is 9.47 Å². The summed E-state index contributed by atoms with van der Waals surface area (Å²) in [5, 5.41) is 0. The third-order valence-corrected chi connectivity index (χ3v) is 4.96. The fourth-order valence-electron chi connectivity index (χ4n) is 3.66. The molecule has 134 valence electrons. The van der Waals surface area contributed by atoms with Crippen LogP contribution in [-0.4, -0.2) is 28.0 Å². The molecule has 3 aromatic rings. The van der Waals surface area contributed by atoms with Crippen LogP contribution in [0.15, 0.2) is 57.7 Å². The lowest BCUT2D eigenvalue weighted by Crippen LogP contribution is -2.40. The third-order valence-electron chi connectivity index (χ3n) is 4.96. The summed E-state index contributed by atoms with van der Waals surface area (Å²) in [7, 11) is 0. The summed E-state index contributed by atoms with van der Waals surface area (Å²) < 4.78 is 20.7. The molecule has 26 heavy (non-hydrogen) atoms. The van der Waals surface area contributed by atoms with Crippen molar-refractivity contribution in [2.45, 2.75) is 31.8 Å². The minimum Gasteiger partial charge on any atom is -0.408 e. The van der Waals surface area contributed by atoms with Gasteiger partial charge in [-0.05, 0) is 36.6 Å². The second-order valence-electron chi connectivity index (χ2n) is 6.60. The van der Waals surface area contributed by atoms with Gasteiger partial charge in [0.15, 0.2) is 5.58 Å². The van der Waals surface area contributed by atoms with Crippen LogP contribution in [0.25, 0.3) is 11.1 Å². The van der Waals surface area contributed by atoms with Crippen molar-refractivity contribution in [1.29, 1.82) is 0 Å². The number of amides is 1. The van der Waals surface area contributed by atoms with Gasteiger partial charge in [0, 0.05) is 19.1 Å². The Morgan fingerprint density at radius 1 is 1.15 bits per heavy atom. The Balaban J connectivity index is 1.55. The Hall–Kier alpha value is -2.89. The van der Waals surface area contributed by atoms with E-state index < -0.39 is 5.76 Å². The summed E-state index contributed by atoms with van der Waals surface area (Å²) >= 11 is 0. The van der Waals surface area contributed by atoms with Gasteiger partial charge in [0.05, 0.1) is 11.9 Å². The number of rotatable bonds is 4. The monoisotopic (exact) mass is 354 g/mol. The molecule has 1 aliphatic rings. The molecule has 4 rings (SSSR count). The molecule has 0 radical (unpaired) electrons. The van der Waals surface area contributed by atoms with Crippen molar-refractivity contribution in [2.75, 3.05) is 6.54 Å². The quantitative estimate of drug-likeness (QED) is 0.724. The molecular formula is C20H19FN2O3. The highest BCUT2D eigenvalue weighted by atomic mass is 19.1. The van der Waals surface area contributed by atoms with Crippen LogP contribution >= 0.6 is 0 Å². The highest BCUT2D eigenvalue weighted by molar-refractivity contribution is 5.79. The Bertz CT molecular complexity index is 1010. The Morgan fingerprint density at radius 3 is 2.77 bits per heavy atom. The van der Waals surface area contributed by atoms with Crippen LogP contribution in [0.3, 0.4) is 0 Å². The van der Waals surface area contributed by atoms with Gasteiger partial charge in [-0.1, -0.05) is 30.3 Å². The van der Waals surface area contributed by atoms with Crippen molar-refractivity contribution in [3.8, 4) is 0 Å². The van der Waals surface area contributed by atoms with Gasteiger partial charge in [-0.25, -0.2) is 9.18 Å². The molecule has 2 heterocycles. The van der Waals surface area contributed by atoms with Crippen LogP contribution in [0.4, 0.5) is 4.39 Å². The second kappa shape index (κ2) is 6.78. The molecule has 0 unspecified atom stereocenters. The van der Waals surface area contributed by atoms with Crippen molar-refractivity contribution in [3.63, 3.8) is 0 Å². The molecule has 1 amide bonds. The Morgan fingerprint density at radius 2 is 1.92 bits per heavy atom. The van der Waals surface area contributed by atoms with E-state index in [-0.39, 0.29) is 24.2 Å². The number of aromatic nitrogens is 1. The van der Waals surface area contributed by atoms with Crippen LogP contribution in [0.5, 0.6) is 0 Å². The zero-order chi connectivity index (χ0) is 18.1. The number of carbonyl (C=O) groups is 1. The molecule has 1 saturated heterocycles. The molecule has 1 aromatic heterocycles. The van der Waals surface area contributed by atoms with E-state index in [4.69, 9.17) is 4.42 Å². The second-order valence-corrected chi connectivity index (χ2v) is 6.60. The summed E-state index contributed by atoms with van der Waals surface area (Å²) in [6.45, 7) is 1.02. The van der Waals surface area contributed by atoms with E-state index in [1.807, 2.05) is 18.2 Å². The number of para-hydroxylation sites is 2. The molecule has 0 aliphatic carbocycles. The molecule has 0 bridgehead atoms. The van der Waals surface area contributed by atoms with Gasteiger partial charge in [0.2, 0.25) is 5.91 Å². The largest absolute Gasteiger partial charge is 0.420 e. The normalized spacial score (nSPS) is 17.1. The Kier molecular flexibility index (Phi) is 4.32. The van der Waals surface area contributed by atoms with Gasteiger partial charge in [-0.15, -0.1) is 0 Å². The predicted molar refractivity (Wildman–Crippen MR) is 95.3 cm³/mol. The molecule has 6 heteroatoms. The molecule has 1 atom stereocenters. The maximum atomic E-state index is 13.8. The first-order chi connectivity index (χ1) is 12.6. The number of likely N-dealkylation sites (tertiary alicyclic amines) is 1. The first kappa shape index (κ1) is 16.6. The van der Waals surface area contributed by atoms with E-state index in [9.17, 15) is 14.0 Å². The number of halogens is 1. The van der Waals surface area contributed by atoms with Crippen molar-refractivity contribution in [2.24, 2.45) is 0 Å². The third kappa shape index (κ3) is 3.03. The molecule has 1 aliphatic heterocycles. The van der Waals surface area contributed by atoms with Crippen LogP contribution in [0, 0.1) is 5.82 Å². The van der Waals surface area contributed by atoms with Crippen LogP contribution in [0.1, 0.15) is 18.4 Å². The molecule has 2 aromatic carbocycles. The van der Waals surface area contributed by atoms with E-state index in [1.165, 1.54) is 6.07 Å². The fourth-order valence-corrected chi connectivity index (χ4v) is 3.66. The van der Waals surface area contributed by atoms with Crippen LogP contribution in [-0.2, 0) is 17.8 Å². The lowest BCUT2D eigenvalue weighted by Gasteiger charge is -2.25. The highest BCUT2D eigenvalue weighted by Crippen LogP contribution is 2.22. The van der Waals surface area contributed by atoms with Gasteiger partial charge in [0.25, 0.3) is 0 Å². The molecule has 0 saturated carbocycles. The first-order valence-electron chi connectivity index (χ1n) is 8.75. The fraction of sp³-hybridized carbons (Fsp3) is 0.300. The summed E-state index contributed by atoms with van der Waals surface area (Å²) in [5.41, 5.74) is 1.67. The molecule has 0 N–H and O–H groups in total. The standard InChI is InChI=1S/C20H19FN2O3/c21-16-8-2-1-6-14(16)12-19(24)22-11-5-7-15(22)13-23-17-9-3-4-10-18(17)26-20(23)25/h1-4,6,8-10,15H,5,7,11-13H2/t15-/m1/s1. The van der Waals surface area contributed by atoms with Gasteiger partial charge in [-0.3, -0.25) is 9.36 Å². The summed E-state index contributed by atoms with van der Waals surface area (Å²) in [5.74, 6) is -0.897. The maximum Gasteiger partial charge on any atom is 0.420 e. The van der Waals surface area contributed by atoms with Crippen LogP contribution in [0.2, 0.25) is 0 Å². The summed E-state index contributed by atoms with van der Waals surface area (Å²) in [4.78, 5) is 26.6. The summed E-state index contributed by atoms with van der Waals surface area (Å²) in [6.07, 6.45) is 1.72. The van der Waals surface area contributed by atoms with Crippen molar-refractivity contribution >= 4 is 17.0 Å². The van der Waals surface area contributed by atoms with Gasteiger partial charge in [0.1, 0.15) is 5.82 Å². The number of hydrogen-bond acceptors (Lipinski definition) is 3. The number of benzene rings is 2. The van der Waals surface area contributed by atoms with Gasteiger partial charge < -0.3 is 9.32 Å². The van der Waals surface area contributed by atoms with Crippen LogP contribution < -0.4 is 5.76 Å². The molecule has 5 nitrogen and oxygen atoms in total. The maximum absolute atomic E-state index is 13.8. The Labute approximate surface area is 149 Å². The molecular weight excluding hydrogens is 335 g/mol. The highest BCUT2D eigenvalue weighted by Gasteiger charge is 2.30. The molecule has 0 spiro atoms. The smallest absolute Gasteiger partial charge is 0.408 e. The summed E-state index contributed by atoms with van der Waals surface area (Å²) in [6, 6.07) is 13.5. The van der Waals surface area contributed by atoms with E-state index in [2.05, 4.69) is 0 Å². The number of nitrogens with zero attached hydrogens (tertiary/aromatic N) is 2. The van der Waals surface area contributed by atoms with Gasteiger partial charge in [-0.2, -0.15) is 0 Å². The number of oxazole rings is 1. The van der Waals surface area contributed by atoms with Gasteiger partial charge >= 0.3 is 5.76 Å². The number of hydrogen-bond donors (Lipinski definition) is 0. The topological polar surface area (TPSA) is 55.5 Å². The zero-order valence-electron chi connectivity index (χ0n) is 14.2. The van der Waals surface area contributed by atoms with E-state index >= 15 is 0 Å². The first-order valence-corrected chi connectivity index (χ1v) is 8.75. The average Bonchev–Trinajstić information content (AvgIpc) is 3.22. The SMILES string of the molecule is O=C(Cc1ccccc1F)N1CCC[C@@H]1Cn1c(=O)oc2ccccc21. The minimum absolute atomic E-state index is 0.0320. The van der Waals surface area contributed by atoms with Crippen molar-refractivity contribution < 1.29 is 13.6 Å². The minimum atomic E-state index is -0.417. The van der Waals surface area contributed by atoms with E-state index in [0.29, 0.717) is 24.2 Å². The number of carbonyl (C=O) groups excluding carboxylic acids is 1. The molecule has 1 fully saturated rings. The lowest BCUT2D eigenvalue weighted by molar-refractivity contribution is -0.131.